The second-order valence-electron chi connectivity index (χ2n) is 6.90. The molecule has 0 bridgehead atoms. The van der Waals surface area contributed by atoms with Crippen molar-refractivity contribution in [3.63, 3.8) is 0 Å². The Morgan fingerprint density at radius 3 is 2.37 bits per heavy atom. The average Bonchev–Trinajstić information content (AvgIpc) is 3.42. The van der Waals surface area contributed by atoms with Gasteiger partial charge in [-0.1, -0.05) is 0 Å². The van der Waals surface area contributed by atoms with Crippen molar-refractivity contribution in [2.24, 2.45) is 0 Å². The van der Waals surface area contributed by atoms with Gasteiger partial charge in [-0.2, -0.15) is 11.3 Å². The third-order valence-corrected chi connectivity index (χ3v) is 6.21. The van der Waals surface area contributed by atoms with Crippen LogP contribution in [0, 0.1) is 0 Å². The quantitative estimate of drug-likeness (QED) is 0.587. The van der Waals surface area contributed by atoms with E-state index in [4.69, 9.17) is 4.74 Å². The number of nitrogens with zero attached hydrogens (tertiary/aromatic N) is 2. The molecule has 0 aliphatic carbocycles. The van der Waals surface area contributed by atoms with Crippen LogP contribution < -0.4 is 10.6 Å². The van der Waals surface area contributed by atoms with Crippen molar-refractivity contribution in [1.82, 2.24) is 9.88 Å². The molecule has 30 heavy (non-hydrogen) atoms. The number of thiophene rings is 1. The summed E-state index contributed by atoms with van der Waals surface area (Å²) >= 11 is 3.17. The van der Waals surface area contributed by atoms with Crippen molar-refractivity contribution in [3.05, 3.63) is 52.2 Å². The molecule has 3 heterocycles. The molecule has 2 amide bonds. The van der Waals surface area contributed by atoms with Gasteiger partial charge in [-0.3, -0.25) is 14.5 Å². The monoisotopic (exact) mass is 442 g/mol. The lowest BCUT2D eigenvalue weighted by atomic mass is 10.2. The van der Waals surface area contributed by atoms with E-state index in [0.29, 0.717) is 31.1 Å². The minimum atomic E-state index is -0.124. The van der Waals surface area contributed by atoms with E-state index in [9.17, 15) is 9.59 Å². The van der Waals surface area contributed by atoms with Gasteiger partial charge in [0, 0.05) is 40.8 Å². The summed E-state index contributed by atoms with van der Waals surface area (Å²) in [7, 11) is 0. The van der Waals surface area contributed by atoms with Gasteiger partial charge in [-0.05, 0) is 35.7 Å². The van der Waals surface area contributed by atoms with Crippen LogP contribution in [0.3, 0.4) is 0 Å². The summed E-state index contributed by atoms with van der Waals surface area (Å²) in [5.41, 5.74) is 3.22. The van der Waals surface area contributed by atoms with Gasteiger partial charge in [0.15, 0.2) is 0 Å². The van der Waals surface area contributed by atoms with E-state index >= 15 is 0 Å². The molecule has 9 heteroatoms. The molecule has 0 saturated carbocycles. The minimum absolute atomic E-state index is 0.0568. The minimum Gasteiger partial charge on any atom is -0.379 e. The van der Waals surface area contributed by atoms with Crippen LogP contribution in [0.5, 0.6) is 0 Å². The lowest BCUT2D eigenvalue weighted by Crippen LogP contribution is -2.41. The fourth-order valence-corrected chi connectivity index (χ4v) is 4.61. The van der Waals surface area contributed by atoms with Crippen molar-refractivity contribution in [2.75, 3.05) is 43.5 Å². The molecule has 7 nitrogen and oxygen atoms in total. The Morgan fingerprint density at radius 1 is 1.00 bits per heavy atom. The predicted molar refractivity (Wildman–Crippen MR) is 120 cm³/mol. The van der Waals surface area contributed by atoms with Crippen LogP contribution >= 0.6 is 22.7 Å². The van der Waals surface area contributed by atoms with Crippen LogP contribution in [-0.2, 0) is 20.7 Å². The van der Waals surface area contributed by atoms with E-state index in [1.807, 2.05) is 22.2 Å². The van der Waals surface area contributed by atoms with E-state index in [1.54, 1.807) is 46.9 Å². The fourth-order valence-electron chi connectivity index (χ4n) is 3.08. The molecule has 1 aromatic carbocycles. The molecular weight excluding hydrogens is 420 g/mol. The summed E-state index contributed by atoms with van der Waals surface area (Å²) in [6.07, 6.45) is 0.221. The van der Waals surface area contributed by atoms with Gasteiger partial charge < -0.3 is 15.4 Å². The molecule has 0 radical (unpaired) electrons. The molecule has 0 unspecified atom stereocenters. The van der Waals surface area contributed by atoms with Crippen molar-refractivity contribution in [2.45, 2.75) is 6.42 Å². The van der Waals surface area contributed by atoms with Gasteiger partial charge in [0.25, 0.3) is 0 Å². The molecule has 2 N–H and O–H groups in total. The van der Waals surface area contributed by atoms with Crippen LogP contribution in [0.4, 0.5) is 11.4 Å². The maximum atomic E-state index is 12.3. The number of benzene rings is 1. The zero-order chi connectivity index (χ0) is 20.8. The molecular formula is C21H22N4O3S2. The number of ether oxygens (including phenoxy) is 1. The highest BCUT2D eigenvalue weighted by molar-refractivity contribution is 7.14. The Hall–Kier alpha value is -2.59. The predicted octanol–water partition coefficient (Wildman–Crippen LogP) is 3.32. The van der Waals surface area contributed by atoms with E-state index in [2.05, 4.69) is 20.5 Å². The SMILES string of the molecule is O=C(Cc1csc(-c2ccsc2)n1)Nc1ccc(NC(=O)CN2CCOCC2)cc1. The summed E-state index contributed by atoms with van der Waals surface area (Å²) in [4.78, 5) is 31.1. The topological polar surface area (TPSA) is 83.6 Å². The number of hydrogen-bond acceptors (Lipinski definition) is 7. The average molecular weight is 443 g/mol. The molecule has 1 aliphatic heterocycles. The molecule has 1 aliphatic rings. The standard InChI is InChI=1S/C21H22N4O3S2/c26-19(11-18-14-30-21(24-18)15-5-10-29-13-15)22-16-1-3-17(4-2-16)23-20(27)12-25-6-8-28-9-7-25/h1-5,10,13-14H,6-9,11-12H2,(H,22,26)(H,23,27). The van der Waals surface area contributed by atoms with Crippen molar-refractivity contribution in [1.29, 1.82) is 0 Å². The molecule has 1 saturated heterocycles. The number of carbonyl (C=O) groups excluding carboxylic acids is 2. The first-order valence-corrected chi connectivity index (χ1v) is 11.4. The number of carbonyl (C=O) groups is 2. The van der Waals surface area contributed by atoms with Crippen LogP contribution in [0.25, 0.3) is 10.6 Å². The largest absolute Gasteiger partial charge is 0.379 e. The number of aromatic nitrogens is 1. The lowest BCUT2D eigenvalue weighted by Gasteiger charge is -2.25. The van der Waals surface area contributed by atoms with Gasteiger partial charge in [0.05, 0.1) is 31.9 Å². The van der Waals surface area contributed by atoms with Crippen molar-refractivity contribution >= 4 is 45.9 Å². The van der Waals surface area contributed by atoms with Crippen molar-refractivity contribution < 1.29 is 14.3 Å². The van der Waals surface area contributed by atoms with E-state index in [-0.39, 0.29) is 18.2 Å². The number of morpholine rings is 1. The Morgan fingerprint density at radius 2 is 1.70 bits per heavy atom. The summed E-state index contributed by atoms with van der Waals surface area (Å²) in [6, 6.07) is 9.14. The van der Waals surface area contributed by atoms with E-state index in [0.717, 1.165) is 29.4 Å². The van der Waals surface area contributed by atoms with Gasteiger partial charge in [0.2, 0.25) is 11.8 Å². The molecule has 0 spiro atoms. The smallest absolute Gasteiger partial charge is 0.238 e. The second-order valence-corrected chi connectivity index (χ2v) is 8.53. The summed E-state index contributed by atoms with van der Waals surface area (Å²) < 4.78 is 5.29. The Kier molecular flexibility index (Phi) is 6.85. The third-order valence-electron chi connectivity index (χ3n) is 4.58. The second kappa shape index (κ2) is 9.94. The van der Waals surface area contributed by atoms with Crippen LogP contribution in [-0.4, -0.2) is 54.5 Å². The van der Waals surface area contributed by atoms with Gasteiger partial charge in [0.1, 0.15) is 5.01 Å². The zero-order valence-corrected chi connectivity index (χ0v) is 17.9. The molecule has 4 rings (SSSR count). The number of amides is 2. The fraction of sp³-hybridized carbons (Fsp3) is 0.286. The molecule has 3 aromatic rings. The zero-order valence-electron chi connectivity index (χ0n) is 16.3. The molecule has 1 fully saturated rings. The molecule has 2 aromatic heterocycles. The van der Waals surface area contributed by atoms with Gasteiger partial charge in [-0.25, -0.2) is 4.98 Å². The Bertz CT molecular complexity index is 980. The van der Waals surface area contributed by atoms with Crippen LogP contribution in [0.2, 0.25) is 0 Å². The highest BCUT2D eigenvalue weighted by Crippen LogP contribution is 2.26. The third kappa shape index (κ3) is 5.73. The van der Waals surface area contributed by atoms with E-state index in [1.165, 1.54) is 0 Å². The number of anilines is 2. The summed E-state index contributed by atoms with van der Waals surface area (Å²) in [5, 5.41) is 12.7. The van der Waals surface area contributed by atoms with Gasteiger partial charge >= 0.3 is 0 Å². The number of nitrogens with one attached hydrogen (secondary N) is 2. The first-order chi connectivity index (χ1) is 14.7. The summed E-state index contributed by atoms with van der Waals surface area (Å²) in [5.74, 6) is -0.181. The lowest BCUT2D eigenvalue weighted by molar-refractivity contribution is -0.118. The maximum absolute atomic E-state index is 12.3. The van der Waals surface area contributed by atoms with Gasteiger partial charge in [-0.15, -0.1) is 11.3 Å². The Labute approximate surface area is 182 Å². The van der Waals surface area contributed by atoms with Crippen LogP contribution in [0.1, 0.15) is 5.69 Å². The highest BCUT2D eigenvalue weighted by Gasteiger charge is 2.14. The molecule has 0 atom stereocenters. The van der Waals surface area contributed by atoms with Crippen molar-refractivity contribution in [3.8, 4) is 10.6 Å². The molecule has 156 valence electrons. The Balaban J connectivity index is 1.25. The number of thiazole rings is 1. The van der Waals surface area contributed by atoms with Crippen LogP contribution in [0.15, 0.2) is 46.5 Å². The highest BCUT2D eigenvalue weighted by atomic mass is 32.1. The number of hydrogen-bond donors (Lipinski definition) is 2. The first-order valence-electron chi connectivity index (χ1n) is 9.62. The number of rotatable bonds is 7. The summed E-state index contributed by atoms with van der Waals surface area (Å²) in [6.45, 7) is 3.22. The maximum Gasteiger partial charge on any atom is 0.238 e. The first kappa shape index (κ1) is 20.7. The van der Waals surface area contributed by atoms with E-state index < -0.39 is 0 Å². The normalized spacial score (nSPS) is 14.4.